The van der Waals surface area contributed by atoms with E-state index < -0.39 is 0 Å². The second-order valence-corrected chi connectivity index (χ2v) is 5.35. The van der Waals surface area contributed by atoms with Gasteiger partial charge in [-0.05, 0) is 42.5 Å². The maximum Gasteiger partial charge on any atom is 0.242 e. The van der Waals surface area contributed by atoms with Crippen LogP contribution in [0.5, 0.6) is 0 Å². The lowest BCUT2D eigenvalue weighted by Gasteiger charge is -2.14. The van der Waals surface area contributed by atoms with Gasteiger partial charge in [0, 0.05) is 31.4 Å². The first-order chi connectivity index (χ1) is 10.5. The van der Waals surface area contributed by atoms with E-state index in [4.69, 9.17) is 0 Å². The number of benzene rings is 1. The number of carbonyl (C=O) groups excluding carboxylic acids is 1. The average molecular weight is 297 g/mol. The molecule has 0 saturated carbocycles. The van der Waals surface area contributed by atoms with Gasteiger partial charge in [-0.1, -0.05) is 0 Å². The van der Waals surface area contributed by atoms with Crippen molar-refractivity contribution in [2.24, 2.45) is 0 Å². The number of rotatable bonds is 3. The molecule has 0 aliphatic carbocycles. The number of likely N-dealkylation sites (N-methyl/N-ethyl adjacent to an activating group) is 1. The number of amides is 1. The Bertz CT molecular complexity index is 777. The number of pyridine rings is 1. The molecule has 5 heteroatoms. The molecule has 0 saturated heterocycles. The van der Waals surface area contributed by atoms with Crippen LogP contribution in [0.2, 0.25) is 0 Å². The summed E-state index contributed by atoms with van der Waals surface area (Å²) in [6, 6.07) is 12.0. The van der Waals surface area contributed by atoms with E-state index in [0.717, 1.165) is 22.6 Å². The fourth-order valence-electron chi connectivity index (χ4n) is 2.28. The van der Waals surface area contributed by atoms with Gasteiger partial charge in [0.05, 0.1) is 5.69 Å². The average Bonchev–Trinajstić information content (AvgIpc) is 2.93. The van der Waals surface area contributed by atoms with Gasteiger partial charge in [0.1, 0.15) is 18.2 Å². The summed E-state index contributed by atoms with van der Waals surface area (Å²) in [6.07, 6.45) is 1.84. The standard InChI is InChI=1S/C17H16FN3O/c1-20(2)16(22)11-21-9-3-4-13-10-15(19-17(13)21)12-5-7-14(18)8-6-12/h3-10H,11H2,1-2H3. The molecule has 0 atom stereocenters. The fraction of sp³-hybridized carbons (Fsp3) is 0.176. The van der Waals surface area contributed by atoms with E-state index in [9.17, 15) is 9.18 Å². The molecule has 0 spiro atoms. The third kappa shape index (κ3) is 2.70. The molecule has 2 aliphatic rings. The van der Waals surface area contributed by atoms with Gasteiger partial charge in [-0.25, -0.2) is 9.37 Å². The molecule has 3 rings (SSSR count). The lowest BCUT2D eigenvalue weighted by Crippen LogP contribution is -2.26. The first-order valence-electron chi connectivity index (χ1n) is 6.96. The maximum atomic E-state index is 13.0. The van der Waals surface area contributed by atoms with Gasteiger partial charge in [0.15, 0.2) is 0 Å². The van der Waals surface area contributed by atoms with E-state index in [1.807, 2.05) is 29.0 Å². The van der Waals surface area contributed by atoms with E-state index >= 15 is 0 Å². The van der Waals surface area contributed by atoms with Gasteiger partial charge in [0.2, 0.25) is 5.91 Å². The predicted octanol–water partition coefficient (Wildman–Crippen LogP) is 2.88. The first-order valence-corrected chi connectivity index (χ1v) is 6.96. The van der Waals surface area contributed by atoms with Gasteiger partial charge >= 0.3 is 0 Å². The summed E-state index contributed by atoms with van der Waals surface area (Å²) in [5, 5.41) is 0. The number of nitrogens with zero attached hydrogens (tertiary/aromatic N) is 3. The van der Waals surface area contributed by atoms with Crippen LogP contribution < -0.4 is 0 Å². The highest BCUT2D eigenvalue weighted by atomic mass is 19.1. The highest BCUT2D eigenvalue weighted by molar-refractivity contribution is 5.77. The molecule has 4 nitrogen and oxygen atoms in total. The number of hydrogen-bond donors (Lipinski definition) is 0. The van der Waals surface area contributed by atoms with E-state index in [1.165, 1.54) is 12.1 Å². The minimum absolute atomic E-state index is 0.00355. The third-order valence-corrected chi connectivity index (χ3v) is 3.54. The lowest BCUT2D eigenvalue weighted by molar-refractivity contribution is -0.129. The largest absolute Gasteiger partial charge is 0.347 e. The Morgan fingerprint density at radius 3 is 2.59 bits per heavy atom. The van der Waals surface area contributed by atoms with Crippen LogP contribution >= 0.6 is 0 Å². The lowest BCUT2D eigenvalue weighted by atomic mass is 10.1. The van der Waals surface area contributed by atoms with Crippen molar-refractivity contribution in [3.63, 3.8) is 0 Å². The summed E-state index contributed by atoms with van der Waals surface area (Å²) >= 11 is 0. The van der Waals surface area contributed by atoms with Crippen LogP contribution in [0.15, 0.2) is 48.7 Å². The fourth-order valence-corrected chi connectivity index (χ4v) is 2.28. The van der Waals surface area contributed by atoms with Crippen molar-refractivity contribution in [1.82, 2.24) is 14.5 Å². The molecule has 0 N–H and O–H groups in total. The van der Waals surface area contributed by atoms with Crippen LogP contribution in [-0.4, -0.2) is 34.5 Å². The Morgan fingerprint density at radius 2 is 1.91 bits per heavy atom. The molecule has 0 unspecified atom stereocenters. The van der Waals surface area contributed by atoms with Gasteiger partial charge < -0.3 is 9.47 Å². The van der Waals surface area contributed by atoms with Crippen LogP contribution in [-0.2, 0) is 11.3 Å². The molecule has 2 aliphatic heterocycles. The van der Waals surface area contributed by atoms with Crippen molar-refractivity contribution >= 4 is 5.91 Å². The SMILES string of the molecule is CN(C)C(=O)Cn1cccc2cc(-c3ccc(F)cc3)nc1-2. The topological polar surface area (TPSA) is 38.1 Å². The molecule has 0 radical (unpaired) electrons. The van der Waals surface area contributed by atoms with E-state index in [1.54, 1.807) is 31.1 Å². The van der Waals surface area contributed by atoms with Crippen LogP contribution in [0.3, 0.4) is 0 Å². The van der Waals surface area contributed by atoms with Crippen molar-refractivity contribution in [2.75, 3.05) is 14.1 Å². The summed E-state index contributed by atoms with van der Waals surface area (Å²) in [5.41, 5.74) is 2.57. The molecule has 0 aromatic heterocycles. The van der Waals surface area contributed by atoms with Crippen molar-refractivity contribution in [3.05, 3.63) is 54.5 Å². The van der Waals surface area contributed by atoms with Crippen molar-refractivity contribution in [2.45, 2.75) is 6.54 Å². The zero-order valence-electron chi connectivity index (χ0n) is 12.5. The van der Waals surface area contributed by atoms with Crippen LogP contribution in [0.25, 0.3) is 22.6 Å². The molecule has 0 fully saturated rings. The molecule has 1 aromatic rings. The molecule has 0 bridgehead atoms. The summed E-state index contributed by atoms with van der Waals surface area (Å²) in [7, 11) is 3.46. The quantitative estimate of drug-likeness (QED) is 0.745. The minimum Gasteiger partial charge on any atom is -0.347 e. The van der Waals surface area contributed by atoms with Crippen molar-refractivity contribution in [1.29, 1.82) is 0 Å². The zero-order chi connectivity index (χ0) is 15.7. The highest BCUT2D eigenvalue weighted by Crippen LogP contribution is 2.28. The number of fused-ring (bicyclic) bond motifs is 1. The first kappa shape index (κ1) is 14.3. The van der Waals surface area contributed by atoms with Gasteiger partial charge in [-0.3, -0.25) is 4.79 Å². The molecule has 1 amide bonds. The molecule has 2 heterocycles. The van der Waals surface area contributed by atoms with Crippen LogP contribution in [0, 0.1) is 5.82 Å². The Kier molecular flexibility index (Phi) is 3.63. The molecule has 1 aromatic carbocycles. The molecule has 22 heavy (non-hydrogen) atoms. The molecular weight excluding hydrogens is 281 g/mol. The second-order valence-electron chi connectivity index (χ2n) is 5.35. The zero-order valence-corrected chi connectivity index (χ0v) is 12.5. The monoisotopic (exact) mass is 297 g/mol. The normalized spacial score (nSPS) is 10.9. The Hall–Kier alpha value is -2.69. The van der Waals surface area contributed by atoms with E-state index in [-0.39, 0.29) is 18.3 Å². The number of aromatic nitrogens is 2. The smallest absolute Gasteiger partial charge is 0.242 e. The number of hydrogen-bond acceptors (Lipinski definition) is 2. The Balaban J connectivity index is 2.00. The maximum absolute atomic E-state index is 13.0. The van der Waals surface area contributed by atoms with Crippen molar-refractivity contribution < 1.29 is 9.18 Å². The summed E-state index contributed by atoms with van der Waals surface area (Å²) < 4.78 is 14.8. The molecular formula is C17H16FN3O. The summed E-state index contributed by atoms with van der Waals surface area (Å²) in [5.74, 6) is 0.479. The van der Waals surface area contributed by atoms with Crippen LogP contribution in [0.1, 0.15) is 0 Å². The number of halogens is 1. The Labute approximate surface area is 128 Å². The third-order valence-electron chi connectivity index (χ3n) is 3.54. The van der Waals surface area contributed by atoms with Crippen molar-refractivity contribution in [3.8, 4) is 22.6 Å². The minimum atomic E-state index is -0.272. The van der Waals surface area contributed by atoms with Crippen LogP contribution in [0.4, 0.5) is 4.39 Å². The van der Waals surface area contributed by atoms with E-state index in [2.05, 4.69) is 4.98 Å². The molecule has 112 valence electrons. The van der Waals surface area contributed by atoms with Gasteiger partial charge in [-0.2, -0.15) is 0 Å². The predicted molar refractivity (Wildman–Crippen MR) is 82.9 cm³/mol. The highest BCUT2D eigenvalue weighted by Gasteiger charge is 2.15. The van der Waals surface area contributed by atoms with Gasteiger partial charge in [0.25, 0.3) is 0 Å². The van der Waals surface area contributed by atoms with E-state index in [0.29, 0.717) is 0 Å². The Morgan fingerprint density at radius 1 is 1.18 bits per heavy atom. The number of carbonyl (C=O) groups is 1. The summed E-state index contributed by atoms with van der Waals surface area (Å²) in [6.45, 7) is 0.240. The van der Waals surface area contributed by atoms with Gasteiger partial charge in [-0.15, -0.1) is 0 Å². The second kappa shape index (κ2) is 5.60. The summed E-state index contributed by atoms with van der Waals surface area (Å²) in [4.78, 5) is 18.1.